The Morgan fingerprint density at radius 3 is 2.00 bits per heavy atom. The normalized spacial score (nSPS) is 15.4. The lowest BCUT2D eigenvalue weighted by Gasteiger charge is -2.35. The van der Waals surface area contributed by atoms with Crippen LogP contribution in [0.3, 0.4) is 0 Å². The van der Waals surface area contributed by atoms with Crippen molar-refractivity contribution in [2.24, 2.45) is 0 Å². The van der Waals surface area contributed by atoms with Crippen molar-refractivity contribution in [1.29, 1.82) is 0 Å². The molecular weight excluding hydrogens is 424 g/mol. The largest absolute Gasteiger partial charge is 0.354 e. The van der Waals surface area contributed by atoms with E-state index in [-0.39, 0.29) is 0 Å². The Morgan fingerprint density at radius 2 is 1.38 bits per heavy atom. The van der Waals surface area contributed by atoms with Crippen molar-refractivity contribution in [3.63, 3.8) is 0 Å². The molecule has 0 saturated carbocycles. The van der Waals surface area contributed by atoms with Crippen molar-refractivity contribution < 1.29 is 8.42 Å². The maximum absolute atomic E-state index is 13.3. The number of piperazine rings is 1. The lowest BCUT2D eigenvalue weighted by atomic mass is 10.1. The van der Waals surface area contributed by atoms with E-state index in [4.69, 9.17) is 0 Å². The second-order valence-corrected chi connectivity index (χ2v) is 10.5. The first-order chi connectivity index (χ1) is 15.1. The highest BCUT2D eigenvalue weighted by molar-refractivity contribution is 7.89. The van der Waals surface area contributed by atoms with Crippen LogP contribution >= 0.6 is 0 Å². The molecule has 0 unspecified atom stereocenters. The van der Waals surface area contributed by atoms with Crippen LogP contribution in [0, 0.1) is 41.5 Å². The quantitative estimate of drug-likeness (QED) is 0.603. The van der Waals surface area contributed by atoms with Crippen LogP contribution in [0.2, 0.25) is 0 Å². The summed E-state index contributed by atoms with van der Waals surface area (Å²) >= 11 is 0. The van der Waals surface area contributed by atoms with Crippen molar-refractivity contribution >= 4 is 15.8 Å². The highest BCUT2D eigenvalue weighted by Gasteiger charge is 2.30. The van der Waals surface area contributed by atoms with Gasteiger partial charge in [-0.25, -0.2) is 23.1 Å². The minimum absolute atomic E-state index is 0.402. The number of hydrogen-bond donors (Lipinski definition) is 0. The molecule has 32 heavy (non-hydrogen) atoms. The summed E-state index contributed by atoms with van der Waals surface area (Å²) in [6, 6.07) is 7.67. The minimum atomic E-state index is -3.54. The third-order valence-corrected chi connectivity index (χ3v) is 8.05. The zero-order valence-electron chi connectivity index (χ0n) is 19.5. The van der Waals surface area contributed by atoms with E-state index in [0.29, 0.717) is 36.9 Å². The van der Waals surface area contributed by atoms with Gasteiger partial charge in [0, 0.05) is 37.9 Å². The molecule has 1 aliphatic heterocycles. The van der Waals surface area contributed by atoms with E-state index in [0.717, 1.165) is 39.7 Å². The monoisotopic (exact) mass is 454 g/mol. The molecule has 1 fully saturated rings. The minimum Gasteiger partial charge on any atom is -0.354 e. The van der Waals surface area contributed by atoms with Gasteiger partial charge in [-0.2, -0.15) is 9.40 Å². The fraction of sp³-hybridized carbons (Fsp3) is 0.435. The maximum atomic E-state index is 13.3. The molecule has 170 valence electrons. The Labute approximate surface area is 190 Å². The van der Waals surface area contributed by atoms with E-state index >= 15 is 0 Å². The van der Waals surface area contributed by atoms with Crippen LogP contribution < -0.4 is 4.90 Å². The Balaban J connectivity index is 1.55. The molecule has 1 aliphatic rings. The van der Waals surface area contributed by atoms with Crippen LogP contribution in [-0.4, -0.2) is 58.7 Å². The number of hydrogen-bond acceptors (Lipinski definition) is 6. The second kappa shape index (κ2) is 8.29. The van der Waals surface area contributed by atoms with Crippen molar-refractivity contribution in [2.75, 3.05) is 31.1 Å². The third-order valence-electron chi connectivity index (χ3n) is 6.01. The van der Waals surface area contributed by atoms with Crippen molar-refractivity contribution in [1.82, 2.24) is 24.1 Å². The number of sulfonamides is 1. The van der Waals surface area contributed by atoms with Gasteiger partial charge in [-0.3, -0.25) is 0 Å². The fourth-order valence-corrected chi connectivity index (χ4v) is 5.89. The molecule has 0 bridgehead atoms. The summed E-state index contributed by atoms with van der Waals surface area (Å²) in [4.78, 5) is 11.7. The molecule has 3 heterocycles. The van der Waals surface area contributed by atoms with Gasteiger partial charge in [0.25, 0.3) is 0 Å². The van der Waals surface area contributed by atoms with Crippen LogP contribution in [0.5, 0.6) is 0 Å². The zero-order chi connectivity index (χ0) is 23.2. The molecule has 0 atom stereocenters. The van der Waals surface area contributed by atoms with Gasteiger partial charge in [0.15, 0.2) is 5.82 Å². The first-order valence-corrected chi connectivity index (χ1v) is 12.2. The Bertz CT molecular complexity index is 1270. The van der Waals surface area contributed by atoms with Gasteiger partial charge in [0.2, 0.25) is 10.0 Å². The van der Waals surface area contributed by atoms with Crippen LogP contribution in [0.4, 0.5) is 5.82 Å². The molecule has 9 heteroatoms. The van der Waals surface area contributed by atoms with Gasteiger partial charge in [-0.05, 0) is 70.4 Å². The van der Waals surface area contributed by atoms with E-state index in [9.17, 15) is 8.42 Å². The summed E-state index contributed by atoms with van der Waals surface area (Å²) in [6.45, 7) is 13.6. The summed E-state index contributed by atoms with van der Waals surface area (Å²) in [6.07, 6.45) is 0. The predicted molar refractivity (Wildman–Crippen MR) is 125 cm³/mol. The molecule has 4 rings (SSSR count). The number of rotatable bonds is 4. The SMILES string of the molecule is Cc1cc(C)n(-c2cc(N3CCN(S(=O)(=O)c4cc(C)c(C)cc4C)CC3)nc(C)n2)n1. The van der Waals surface area contributed by atoms with Crippen LogP contribution in [0.15, 0.2) is 29.2 Å². The highest BCUT2D eigenvalue weighted by Crippen LogP contribution is 2.26. The van der Waals surface area contributed by atoms with Crippen LogP contribution in [0.25, 0.3) is 5.82 Å². The van der Waals surface area contributed by atoms with Gasteiger partial charge in [0.05, 0.1) is 10.6 Å². The van der Waals surface area contributed by atoms with E-state index in [1.807, 2.05) is 64.4 Å². The first kappa shape index (κ1) is 22.4. The molecule has 0 radical (unpaired) electrons. The van der Waals surface area contributed by atoms with E-state index in [1.165, 1.54) is 0 Å². The fourth-order valence-electron chi connectivity index (χ4n) is 4.18. The first-order valence-electron chi connectivity index (χ1n) is 10.8. The van der Waals surface area contributed by atoms with E-state index in [1.54, 1.807) is 10.4 Å². The van der Waals surface area contributed by atoms with Crippen LogP contribution in [-0.2, 0) is 10.0 Å². The Hall–Kier alpha value is -2.78. The van der Waals surface area contributed by atoms with Crippen molar-refractivity contribution in [3.05, 3.63) is 58.2 Å². The highest BCUT2D eigenvalue weighted by atomic mass is 32.2. The standard InChI is InChI=1S/C23H30N6O2S/c1-15-11-17(3)21(12-16(15)2)32(30,31)28-9-7-27(8-10-28)22-14-23(25-20(6)24-22)29-19(5)13-18(4)26-29/h11-14H,7-10H2,1-6H3. The molecular formula is C23H30N6O2S. The van der Waals surface area contributed by atoms with Gasteiger partial charge in [-0.1, -0.05) is 6.07 Å². The Morgan fingerprint density at radius 1 is 0.750 bits per heavy atom. The zero-order valence-corrected chi connectivity index (χ0v) is 20.4. The summed E-state index contributed by atoms with van der Waals surface area (Å²) in [5.74, 6) is 2.17. The van der Waals surface area contributed by atoms with Gasteiger partial charge >= 0.3 is 0 Å². The molecule has 1 aromatic carbocycles. The lowest BCUT2D eigenvalue weighted by Crippen LogP contribution is -2.49. The predicted octanol–water partition coefficient (Wildman–Crippen LogP) is 3.02. The summed E-state index contributed by atoms with van der Waals surface area (Å²) < 4.78 is 30.0. The third kappa shape index (κ3) is 4.14. The number of anilines is 1. The van der Waals surface area contributed by atoms with Gasteiger partial charge < -0.3 is 4.90 Å². The average molecular weight is 455 g/mol. The molecule has 0 N–H and O–H groups in total. The number of benzene rings is 1. The molecule has 0 spiro atoms. The molecule has 8 nitrogen and oxygen atoms in total. The number of nitrogens with zero attached hydrogens (tertiary/aromatic N) is 6. The molecule has 2 aromatic heterocycles. The average Bonchev–Trinajstić information content (AvgIpc) is 3.08. The number of aryl methyl sites for hydroxylation is 6. The van der Waals surface area contributed by atoms with Gasteiger partial charge in [-0.15, -0.1) is 0 Å². The second-order valence-electron chi connectivity index (χ2n) is 8.56. The van der Waals surface area contributed by atoms with Crippen molar-refractivity contribution in [3.8, 4) is 5.82 Å². The summed E-state index contributed by atoms with van der Waals surface area (Å²) in [7, 11) is -3.54. The molecule has 0 amide bonds. The molecule has 1 saturated heterocycles. The topological polar surface area (TPSA) is 84.2 Å². The van der Waals surface area contributed by atoms with Crippen molar-refractivity contribution in [2.45, 2.75) is 46.4 Å². The van der Waals surface area contributed by atoms with E-state index < -0.39 is 10.0 Å². The van der Waals surface area contributed by atoms with Crippen LogP contribution in [0.1, 0.15) is 33.9 Å². The summed E-state index contributed by atoms with van der Waals surface area (Å²) in [5, 5.41) is 4.53. The lowest BCUT2D eigenvalue weighted by molar-refractivity contribution is 0.383. The molecule has 3 aromatic rings. The van der Waals surface area contributed by atoms with Gasteiger partial charge in [0.1, 0.15) is 11.6 Å². The maximum Gasteiger partial charge on any atom is 0.243 e. The smallest absolute Gasteiger partial charge is 0.243 e. The molecule has 0 aliphatic carbocycles. The van der Waals surface area contributed by atoms with E-state index in [2.05, 4.69) is 20.0 Å². The number of aromatic nitrogens is 4. The Kier molecular flexibility index (Phi) is 5.81. The summed E-state index contributed by atoms with van der Waals surface area (Å²) in [5.41, 5.74) is 4.81.